The minimum Gasteiger partial charge on any atom is -0.497 e. The molecule has 22 heavy (non-hydrogen) atoms. The van der Waals surface area contributed by atoms with E-state index in [0.29, 0.717) is 6.54 Å². The molecule has 1 N–H and O–H groups in total. The summed E-state index contributed by atoms with van der Waals surface area (Å²) in [4.78, 5) is 11.2. The Morgan fingerprint density at radius 1 is 1.00 bits per heavy atom. The van der Waals surface area contributed by atoms with Crippen molar-refractivity contribution < 1.29 is 14.3 Å². The predicted molar refractivity (Wildman–Crippen MR) is 86.2 cm³/mol. The molecule has 1 unspecified atom stereocenters. The summed E-state index contributed by atoms with van der Waals surface area (Å²) in [5.74, 6) is 0.733. The van der Waals surface area contributed by atoms with Gasteiger partial charge in [0.1, 0.15) is 5.75 Å². The molecule has 4 nitrogen and oxygen atoms in total. The van der Waals surface area contributed by atoms with Gasteiger partial charge in [0.05, 0.1) is 20.8 Å². The first kappa shape index (κ1) is 16.0. The van der Waals surface area contributed by atoms with E-state index >= 15 is 0 Å². The van der Waals surface area contributed by atoms with E-state index in [2.05, 4.69) is 34.3 Å². The molecule has 2 aromatic rings. The van der Waals surface area contributed by atoms with E-state index in [4.69, 9.17) is 4.74 Å². The van der Waals surface area contributed by atoms with Gasteiger partial charge in [-0.25, -0.2) is 0 Å². The Morgan fingerprint density at radius 2 is 1.64 bits per heavy atom. The van der Waals surface area contributed by atoms with Crippen molar-refractivity contribution in [3.8, 4) is 5.75 Å². The van der Waals surface area contributed by atoms with Crippen molar-refractivity contribution in [2.45, 2.75) is 5.92 Å². The first-order valence-electron chi connectivity index (χ1n) is 7.21. The number of carbonyl (C=O) groups excluding carboxylic acids is 1. The number of carbonyl (C=O) groups is 1. The van der Waals surface area contributed by atoms with Crippen LogP contribution in [0.3, 0.4) is 0 Å². The summed E-state index contributed by atoms with van der Waals surface area (Å²) in [6.45, 7) is 0.863. The van der Waals surface area contributed by atoms with Crippen molar-refractivity contribution in [1.82, 2.24) is 5.32 Å². The molecule has 0 aromatic heterocycles. The van der Waals surface area contributed by atoms with Gasteiger partial charge in [-0.3, -0.25) is 4.79 Å². The number of hydrogen-bond donors (Lipinski definition) is 1. The van der Waals surface area contributed by atoms with Crippen LogP contribution in [0.15, 0.2) is 54.6 Å². The van der Waals surface area contributed by atoms with Crippen LogP contribution in [0.5, 0.6) is 5.75 Å². The fourth-order valence-corrected chi connectivity index (χ4v) is 2.34. The minimum atomic E-state index is -0.262. The van der Waals surface area contributed by atoms with Gasteiger partial charge in [0.2, 0.25) is 0 Å². The standard InChI is InChI=1S/C18H21NO3/c1-21-16-10-8-15(9-11-16)17(12-19-13-18(20)22-2)14-6-4-3-5-7-14/h3-11,17,19H,12-13H2,1-2H3. The molecule has 116 valence electrons. The van der Waals surface area contributed by atoms with Crippen molar-refractivity contribution in [3.63, 3.8) is 0 Å². The van der Waals surface area contributed by atoms with Crippen molar-refractivity contribution in [3.05, 3.63) is 65.7 Å². The van der Waals surface area contributed by atoms with Gasteiger partial charge in [-0.1, -0.05) is 42.5 Å². The topological polar surface area (TPSA) is 47.6 Å². The van der Waals surface area contributed by atoms with Crippen LogP contribution in [0.1, 0.15) is 17.0 Å². The minimum absolute atomic E-state index is 0.164. The molecule has 1 atom stereocenters. The molecule has 0 fully saturated rings. The van der Waals surface area contributed by atoms with E-state index in [0.717, 1.165) is 5.75 Å². The molecule has 0 saturated carbocycles. The molecule has 2 aromatic carbocycles. The highest BCUT2D eigenvalue weighted by Gasteiger charge is 2.14. The van der Waals surface area contributed by atoms with E-state index in [1.165, 1.54) is 18.2 Å². The zero-order valence-corrected chi connectivity index (χ0v) is 12.9. The quantitative estimate of drug-likeness (QED) is 0.798. The third-order valence-electron chi connectivity index (χ3n) is 3.57. The van der Waals surface area contributed by atoms with Crippen LogP contribution in [0.25, 0.3) is 0 Å². The normalized spacial score (nSPS) is 11.7. The van der Waals surface area contributed by atoms with E-state index in [9.17, 15) is 4.79 Å². The second-order valence-electron chi connectivity index (χ2n) is 4.94. The maximum atomic E-state index is 11.2. The average molecular weight is 299 g/mol. The highest BCUT2D eigenvalue weighted by molar-refractivity contribution is 5.71. The summed E-state index contributed by atoms with van der Waals surface area (Å²) in [5.41, 5.74) is 2.37. The lowest BCUT2D eigenvalue weighted by atomic mass is 9.91. The van der Waals surface area contributed by atoms with Gasteiger partial charge in [-0.05, 0) is 23.3 Å². The Hall–Kier alpha value is -2.33. The second-order valence-corrected chi connectivity index (χ2v) is 4.94. The van der Waals surface area contributed by atoms with Gasteiger partial charge in [-0.2, -0.15) is 0 Å². The Bertz CT molecular complexity index is 581. The number of esters is 1. The zero-order valence-electron chi connectivity index (χ0n) is 12.9. The Kier molecular flexibility index (Phi) is 5.98. The number of rotatable bonds is 7. The van der Waals surface area contributed by atoms with Crippen LogP contribution < -0.4 is 10.1 Å². The third-order valence-corrected chi connectivity index (χ3v) is 3.57. The number of hydrogen-bond acceptors (Lipinski definition) is 4. The first-order valence-corrected chi connectivity index (χ1v) is 7.21. The Labute approximate surface area is 131 Å². The largest absolute Gasteiger partial charge is 0.497 e. The van der Waals surface area contributed by atoms with Crippen LogP contribution in [-0.4, -0.2) is 33.3 Å². The van der Waals surface area contributed by atoms with Crippen molar-refractivity contribution >= 4 is 5.97 Å². The van der Waals surface area contributed by atoms with Gasteiger partial charge in [0, 0.05) is 12.5 Å². The highest BCUT2D eigenvalue weighted by Crippen LogP contribution is 2.25. The summed E-state index contributed by atoms with van der Waals surface area (Å²) in [7, 11) is 3.05. The van der Waals surface area contributed by atoms with Crippen LogP contribution in [0.2, 0.25) is 0 Å². The van der Waals surface area contributed by atoms with Crippen LogP contribution in [-0.2, 0) is 9.53 Å². The molecular weight excluding hydrogens is 278 g/mol. The van der Waals surface area contributed by atoms with Gasteiger partial charge >= 0.3 is 5.97 Å². The molecule has 0 spiro atoms. The zero-order chi connectivity index (χ0) is 15.8. The lowest BCUT2D eigenvalue weighted by molar-refractivity contribution is -0.139. The molecule has 0 heterocycles. The summed E-state index contributed by atoms with van der Waals surface area (Å²) in [5, 5.41) is 3.16. The van der Waals surface area contributed by atoms with Gasteiger partial charge in [0.15, 0.2) is 0 Å². The summed E-state index contributed by atoms with van der Waals surface area (Å²) in [6.07, 6.45) is 0. The number of methoxy groups -OCH3 is 2. The summed E-state index contributed by atoms with van der Waals surface area (Å²) < 4.78 is 9.86. The van der Waals surface area contributed by atoms with E-state index in [1.807, 2.05) is 30.3 Å². The molecule has 0 saturated heterocycles. The van der Waals surface area contributed by atoms with Crippen molar-refractivity contribution in [2.75, 3.05) is 27.3 Å². The van der Waals surface area contributed by atoms with Crippen LogP contribution in [0.4, 0.5) is 0 Å². The molecule has 0 aliphatic rings. The predicted octanol–water partition coefficient (Wildman–Crippen LogP) is 2.59. The molecule has 2 rings (SSSR count). The molecular formula is C18H21NO3. The van der Waals surface area contributed by atoms with Gasteiger partial charge < -0.3 is 14.8 Å². The fourth-order valence-electron chi connectivity index (χ4n) is 2.34. The Morgan fingerprint density at radius 3 is 2.23 bits per heavy atom. The van der Waals surface area contributed by atoms with Gasteiger partial charge in [0.25, 0.3) is 0 Å². The van der Waals surface area contributed by atoms with E-state index in [1.54, 1.807) is 7.11 Å². The summed E-state index contributed by atoms with van der Waals surface area (Å²) in [6, 6.07) is 18.2. The number of benzene rings is 2. The maximum Gasteiger partial charge on any atom is 0.319 e. The molecule has 0 radical (unpaired) electrons. The van der Waals surface area contributed by atoms with Crippen LogP contribution in [0, 0.1) is 0 Å². The van der Waals surface area contributed by atoms with E-state index < -0.39 is 0 Å². The highest BCUT2D eigenvalue weighted by atomic mass is 16.5. The first-order chi connectivity index (χ1) is 10.7. The maximum absolute atomic E-state index is 11.2. The molecule has 0 aliphatic heterocycles. The van der Waals surface area contributed by atoms with Crippen molar-refractivity contribution in [2.24, 2.45) is 0 Å². The number of nitrogens with one attached hydrogen (secondary N) is 1. The van der Waals surface area contributed by atoms with Crippen LogP contribution >= 0.6 is 0 Å². The lowest BCUT2D eigenvalue weighted by Crippen LogP contribution is -2.28. The fraction of sp³-hybridized carbons (Fsp3) is 0.278. The smallest absolute Gasteiger partial charge is 0.319 e. The molecule has 0 amide bonds. The Balaban J connectivity index is 2.15. The average Bonchev–Trinajstić information content (AvgIpc) is 2.59. The molecule has 0 bridgehead atoms. The third kappa shape index (κ3) is 4.33. The molecule has 4 heteroatoms. The lowest BCUT2D eigenvalue weighted by Gasteiger charge is -2.19. The monoisotopic (exact) mass is 299 g/mol. The SMILES string of the molecule is COC(=O)CNCC(c1ccccc1)c1ccc(OC)cc1. The number of ether oxygens (including phenoxy) is 2. The van der Waals surface area contributed by atoms with Crippen molar-refractivity contribution in [1.29, 1.82) is 0 Å². The van der Waals surface area contributed by atoms with E-state index in [-0.39, 0.29) is 18.4 Å². The summed E-state index contributed by atoms with van der Waals surface area (Å²) >= 11 is 0. The molecule has 0 aliphatic carbocycles. The second kappa shape index (κ2) is 8.20. The van der Waals surface area contributed by atoms with Gasteiger partial charge in [-0.15, -0.1) is 0 Å².